The van der Waals surface area contributed by atoms with E-state index in [1.54, 1.807) is 0 Å². The highest BCUT2D eigenvalue weighted by Gasteiger charge is 2.33. The fraction of sp³-hybridized carbons (Fsp3) is 0.500. The van der Waals surface area contributed by atoms with Crippen LogP contribution in [0.25, 0.3) is 0 Å². The van der Waals surface area contributed by atoms with Gasteiger partial charge in [0, 0.05) is 13.1 Å². The van der Waals surface area contributed by atoms with Crippen molar-refractivity contribution in [3.05, 3.63) is 18.2 Å². The van der Waals surface area contributed by atoms with Gasteiger partial charge in [-0.3, -0.25) is 4.79 Å². The van der Waals surface area contributed by atoms with Crippen LogP contribution in [0.15, 0.2) is 12.5 Å². The van der Waals surface area contributed by atoms with Gasteiger partial charge in [-0.1, -0.05) is 0 Å². The van der Waals surface area contributed by atoms with E-state index in [2.05, 4.69) is 9.97 Å². The number of nitrogens with one attached hydrogen (secondary N) is 1. The molecule has 0 radical (unpaired) electrons. The predicted molar refractivity (Wildman–Crippen MR) is 46.5 cm³/mol. The van der Waals surface area contributed by atoms with Crippen LogP contribution in [0.4, 0.5) is 0 Å². The summed E-state index contributed by atoms with van der Waals surface area (Å²) in [5.41, 5.74) is 0.367. The number of carbonyl (C=O) groups excluding carboxylic acids is 1. The highest BCUT2D eigenvalue weighted by Crippen LogP contribution is 2.12. The quantitative estimate of drug-likeness (QED) is 0.516. The molecule has 1 fully saturated rings. The van der Waals surface area contributed by atoms with E-state index in [0.29, 0.717) is 5.69 Å². The number of aromatic nitrogens is 2. The number of aliphatic hydroxyl groups is 2. The molecule has 0 aliphatic carbocycles. The molecule has 1 aromatic heterocycles. The molecule has 14 heavy (non-hydrogen) atoms. The normalized spacial score (nSPS) is 26.9. The van der Waals surface area contributed by atoms with Crippen molar-refractivity contribution < 1.29 is 15.0 Å². The Hall–Kier alpha value is -1.40. The molecule has 0 spiro atoms. The SMILES string of the molecule is O=C(c1cnc[nH]1)N1CC(O)C(O)C1. The molecular formula is C8H11N3O3. The number of nitrogens with zero attached hydrogens (tertiary/aromatic N) is 2. The summed E-state index contributed by atoms with van der Waals surface area (Å²) in [5, 5.41) is 18.5. The number of carbonyl (C=O) groups is 1. The molecule has 1 aromatic rings. The summed E-state index contributed by atoms with van der Waals surface area (Å²) >= 11 is 0. The van der Waals surface area contributed by atoms with Crippen molar-refractivity contribution in [1.82, 2.24) is 14.9 Å². The van der Waals surface area contributed by atoms with Gasteiger partial charge in [-0.15, -0.1) is 0 Å². The Morgan fingerprint density at radius 1 is 1.50 bits per heavy atom. The third-order valence-electron chi connectivity index (χ3n) is 2.27. The second-order valence-corrected chi connectivity index (χ2v) is 3.31. The van der Waals surface area contributed by atoms with Crippen molar-refractivity contribution in [3.63, 3.8) is 0 Å². The third kappa shape index (κ3) is 1.49. The zero-order chi connectivity index (χ0) is 10.1. The first-order valence-corrected chi connectivity index (χ1v) is 4.32. The van der Waals surface area contributed by atoms with Crippen LogP contribution in [0.2, 0.25) is 0 Å². The number of aromatic amines is 1. The van der Waals surface area contributed by atoms with E-state index in [1.807, 2.05) is 0 Å². The largest absolute Gasteiger partial charge is 0.388 e. The van der Waals surface area contributed by atoms with Gasteiger partial charge in [-0.05, 0) is 0 Å². The van der Waals surface area contributed by atoms with Crippen LogP contribution in [-0.2, 0) is 0 Å². The van der Waals surface area contributed by atoms with E-state index in [9.17, 15) is 15.0 Å². The zero-order valence-corrected chi connectivity index (χ0v) is 7.42. The molecule has 2 rings (SSSR count). The first-order valence-electron chi connectivity index (χ1n) is 4.32. The summed E-state index contributed by atoms with van der Waals surface area (Å²) in [6.07, 6.45) is 1.14. The van der Waals surface area contributed by atoms with Crippen LogP contribution in [0.3, 0.4) is 0 Å². The molecule has 2 unspecified atom stereocenters. The molecule has 2 heterocycles. The Kier molecular flexibility index (Phi) is 2.22. The smallest absolute Gasteiger partial charge is 0.272 e. The summed E-state index contributed by atoms with van der Waals surface area (Å²) in [4.78, 5) is 19.4. The van der Waals surface area contributed by atoms with E-state index in [4.69, 9.17) is 0 Å². The molecule has 1 amide bonds. The zero-order valence-electron chi connectivity index (χ0n) is 7.42. The summed E-state index contributed by atoms with van der Waals surface area (Å²) in [5.74, 6) is -0.252. The third-order valence-corrected chi connectivity index (χ3v) is 2.27. The number of hydrogen-bond acceptors (Lipinski definition) is 4. The molecule has 1 saturated heterocycles. The first kappa shape index (κ1) is 9.17. The Bertz CT molecular complexity index is 315. The molecule has 6 heteroatoms. The van der Waals surface area contributed by atoms with Crippen LogP contribution in [0.1, 0.15) is 10.5 Å². The van der Waals surface area contributed by atoms with Crippen molar-refractivity contribution in [2.45, 2.75) is 12.2 Å². The Balaban J connectivity index is 2.07. The second kappa shape index (κ2) is 3.39. The minimum absolute atomic E-state index is 0.166. The van der Waals surface area contributed by atoms with Gasteiger partial charge in [0.15, 0.2) is 0 Å². The number of imidazole rings is 1. The van der Waals surface area contributed by atoms with Crippen molar-refractivity contribution in [1.29, 1.82) is 0 Å². The van der Waals surface area contributed by atoms with Crippen LogP contribution in [-0.4, -0.2) is 56.3 Å². The maximum Gasteiger partial charge on any atom is 0.272 e. The average Bonchev–Trinajstić information content (AvgIpc) is 2.76. The number of H-pyrrole nitrogens is 1. The number of likely N-dealkylation sites (tertiary alicyclic amines) is 1. The van der Waals surface area contributed by atoms with E-state index >= 15 is 0 Å². The number of hydrogen-bond donors (Lipinski definition) is 3. The molecule has 0 saturated carbocycles. The fourth-order valence-electron chi connectivity index (χ4n) is 1.48. The average molecular weight is 197 g/mol. The number of rotatable bonds is 1. The van der Waals surface area contributed by atoms with Crippen molar-refractivity contribution in [3.8, 4) is 0 Å². The van der Waals surface area contributed by atoms with Gasteiger partial charge in [0.05, 0.1) is 24.7 Å². The summed E-state index contributed by atoms with van der Waals surface area (Å²) in [6, 6.07) is 0. The highest BCUT2D eigenvalue weighted by atomic mass is 16.3. The van der Waals surface area contributed by atoms with Crippen molar-refractivity contribution in [2.24, 2.45) is 0 Å². The minimum Gasteiger partial charge on any atom is -0.388 e. The van der Waals surface area contributed by atoms with Gasteiger partial charge in [0.25, 0.3) is 5.91 Å². The lowest BCUT2D eigenvalue weighted by Crippen LogP contribution is -2.30. The highest BCUT2D eigenvalue weighted by molar-refractivity contribution is 5.92. The summed E-state index contributed by atoms with van der Waals surface area (Å²) < 4.78 is 0. The molecular weight excluding hydrogens is 186 g/mol. The summed E-state index contributed by atoms with van der Waals surface area (Å²) in [6.45, 7) is 0.331. The molecule has 3 N–H and O–H groups in total. The number of β-amino-alcohol motifs (C(OH)–C–C–N with tert-alkyl or cyclic N) is 2. The lowest BCUT2D eigenvalue weighted by molar-refractivity contribution is 0.0572. The van der Waals surface area contributed by atoms with Crippen molar-refractivity contribution in [2.75, 3.05) is 13.1 Å². The van der Waals surface area contributed by atoms with Crippen LogP contribution in [0, 0.1) is 0 Å². The maximum atomic E-state index is 11.6. The molecule has 1 aliphatic rings. The first-order chi connectivity index (χ1) is 6.68. The monoisotopic (exact) mass is 197 g/mol. The Morgan fingerprint density at radius 2 is 2.14 bits per heavy atom. The molecule has 1 aliphatic heterocycles. The molecule has 0 bridgehead atoms. The van der Waals surface area contributed by atoms with Gasteiger partial charge in [0.2, 0.25) is 0 Å². The molecule has 0 aromatic carbocycles. The van der Waals surface area contributed by atoms with Gasteiger partial charge < -0.3 is 20.1 Å². The fourth-order valence-corrected chi connectivity index (χ4v) is 1.48. The van der Waals surface area contributed by atoms with Crippen LogP contribution < -0.4 is 0 Å². The lowest BCUT2D eigenvalue weighted by atomic mass is 10.3. The predicted octanol–water partition coefficient (Wildman–Crippen LogP) is -1.41. The standard InChI is InChI=1S/C8H11N3O3/c12-6-2-11(3-7(6)13)8(14)5-1-9-4-10-5/h1,4,6-7,12-13H,2-3H2,(H,9,10). The topological polar surface area (TPSA) is 89.5 Å². The van der Waals surface area contributed by atoms with Gasteiger partial charge >= 0.3 is 0 Å². The van der Waals surface area contributed by atoms with E-state index in [-0.39, 0.29) is 19.0 Å². The lowest BCUT2D eigenvalue weighted by Gasteiger charge is -2.13. The molecule has 6 nitrogen and oxygen atoms in total. The Morgan fingerprint density at radius 3 is 2.64 bits per heavy atom. The van der Waals surface area contributed by atoms with Crippen LogP contribution >= 0.6 is 0 Å². The maximum absolute atomic E-state index is 11.6. The number of aliphatic hydroxyl groups excluding tert-OH is 2. The van der Waals surface area contributed by atoms with Gasteiger partial charge in [-0.25, -0.2) is 4.98 Å². The van der Waals surface area contributed by atoms with Gasteiger partial charge in [0.1, 0.15) is 5.69 Å². The Labute approximate surface area is 80.2 Å². The van der Waals surface area contributed by atoms with Gasteiger partial charge in [-0.2, -0.15) is 0 Å². The summed E-state index contributed by atoms with van der Waals surface area (Å²) in [7, 11) is 0. The van der Waals surface area contributed by atoms with E-state index < -0.39 is 12.2 Å². The minimum atomic E-state index is -0.845. The van der Waals surface area contributed by atoms with E-state index in [0.717, 1.165) is 0 Å². The second-order valence-electron chi connectivity index (χ2n) is 3.31. The van der Waals surface area contributed by atoms with Crippen LogP contribution in [0.5, 0.6) is 0 Å². The van der Waals surface area contributed by atoms with Crippen molar-refractivity contribution >= 4 is 5.91 Å². The molecule has 2 atom stereocenters. The van der Waals surface area contributed by atoms with E-state index in [1.165, 1.54) is 17.4 Å². The molecule has 76 valence electrons. The number of amides is 1.